The van der Waals surface area contributed by atoms with Gasteiger partial charge in [-0.1, -0.05) is 44.2 Å². The van der Waals surface area contributed by atoms with Crippen LogP contribution in [0, 0.1) is 5.92 Å². The summed E-state index contributed by atoms with van der Waals surface area (Å²) in [6.45, 7) is 9.67. The fourth-order valence-corrected chi connectivity index (χ4v) is 3.67. The van der Waals surface area contributed by atoms with E-state index in [-0.39, 0.29) is 5.41 Å². The highest BCUT2D eigenvalue weighted by Gasteiger charge is 2.32. The highest BCUT2D eigenvalue weighted by Crippen LogP contribution is 2.28. The number of likely N-dealkylation sites (tertiary alicyclic amines) is 1. The molecule has 0 bridgehead atoms. The Morgan fingerprint density at radius 3 is 2.62 bits per heavy atom. The molecule has 1 aliphatic carbocycles. The van der Waals surface area contributed by atoms with Gasteiger partial charge in [0.15, 0.2) is 0 Å². The van der Waals surface area contributed by atoms with E-state index < -0.39 is 0 Å². The van der Waals surface area contributed by atoms with Gasteiger partial charge in [0.25, 0.3) is 0 Å². The van der Waals surface area contributed by atoms with Crippen LogP contribution < -0.4 is 5.32 Å². The van der Waals surface area contributed by atoms with Crippen molar-refractivity contribution < 1.29 is 0 Å². The summed E-state index contributed by atoms with van der Waals surface area (Å²) >= 11 is 0. The highest BCUT2D eigenvalue weighted by molar-refractivity contribution is 5.26. The molecule has 2 unspecified atom stereocenters. The molecule has 2 heteroatoms. The van der Waals surface area contributed by atoms with Gasteiger partial charge in [-0.3, -0.25) is 0 Å². The van der Waals surface area contributed by atoms with Gasteiger partial charge in [-0.05, 0) is 43.7 Å². The van der Waals surface area contributed by atoms with Crippen LogP contribution in [0.25, 0.3) is 0 Å². The van der Waals surface area contributed by atoms with Crippen LogP contribution in [0.2, 0.25) is 0 Å². The molecule has 1 aromatic carbocycles. The summed E-state index contributed by atoms with van der Waals surface area (Å²) in [7, 11) is 0. The van der Waals surface area contributed by atoms with Gasteiger partial charge in [-0.15, -0.1) is 0 Å². The van der Waals surface area contributed by atoms with E-state index in [1.807, 2.05) is 0 Å². The molecule has 0 spiro atoms. The van der Waals surface area contributed by atoms with Gasteiger partial charge in [-0.2, -0.15) is 0 Å². The molecule has 3 rings (SSSR count). The Morgan fingerprint density at radius 1 is 1.19 bits per heavy atom. The second kappa shape index (κ2) is 6.50. The smallest absolute Gasteiger partial charge is 0.0177 e. The molecule has 1 heterocycles. The fraction of sp³-hybridized carbons (Fsp3) is 0.684. The Bertz CT molecular complexity index is 440. The van der Waals surface area contributed by atoms with Crippen molar-refractivity contribution in [1.29, 1.82) is 0 Å². The lowest BCUT2D eigenvalue weighted by molar-refractivity contribution is 0.148. The highest BCUT2D eigenvalue weighted by atomic mass is 15.1. The Hall–Kier alpha value is -0.860. The second-order valence-corrected chi connectivity index (χ2v) is 7.56. The molecule has 1 saturated heterocycles. The van der Waals surface area contributed by atoms with E-state index in [0.29, 0.717) is 0 Å². The maximum absolute atomic E-state index is 3.77. The molecular weight excluding hydrogens is 256 g/mol. The Morgan fingerprint density at radius 2 is 1.95 bits per heavy atom. The van der Waals surface area contributed by atoms with E-state index in [4.69, 9.17) is 0 Å². The van der Waals surface area contributed by atoms with Crippen molar-refractivity contribution in [3.8, 4) is 0 Å². The summed E-state index contributed by atoms with van der Waals surface area (Å²) < 4.78 is 0. The minimum atomic E-state index is 0.223. The molecular formula is C19H30N2. The van der Waals surface area contributed by atoms with Gasteiger partial charge in [0.2, 0.25) is 0 Å². The Kier molecular flexibility index (Phi) is 4.66. The lowest BCUT2D eigenvalue weighted by Crippen LogP contribution is -2.48. The van der Waals surface area contributed by atoms with Crippen molar-refractivity contribution in [2.24, 2.45) is 5.92 Å². The summed E-state index contributed by atoms with van der Waals surface area (Å²) in [6, 6.07) is 11.9. The van der Waals surface area contributed by atoms with Crippen molar-refractivity contribution in [3.05, 3.63) is 35.9 Å². The molecule has 21 heavy (non-hydrogen) atoms. The maximum Gasteiger partial charge on any atom is 0.0177 e. The van der Waals surface area contributed by atoms with Crippen molar-refractivity contribution in [2.45, 2.75) is 51.0 Å². The van der Waals surface area contributed by atoms with Crippen LogP contribution in [0.1, 0.15) is 45.1 Å². The maximum atomic E-state index is 3.77. The first-order chi connectivity index (χ1) is 10.2. The molecule has 0 radical (unpaired) electrons. The van der Waals surface area contributed by atoms with E-state index in [0.717, 1.165) is 18.5 Å². The van der Waals surface area contributed by atoms with Crippen LogP contribution in [-0.2, 0) is 5.41 Å². The molecule has 2 atom stereocenters. The van der Waals surface area contributed by atoms with E-state index in [1.165, 1.54) is 50.9 Å². The minimum absolute atomic E-state index is 0.223. The Balaban J connectivity index is 1.71. The minimum Gasteiger partial charge on any atom is -0.313 e. The molecule has 1 aromatic rings. The SMILES string of the molecule is CC1CCCN(CC(C)(CNC2CC2)c2ccccc2)C1. The summed E-state index contributed by atoms with van der Waals surface area (Å²) in [6.07, 6.45) is 5.50. The average molecular weight is 286 g/mol. The molecule has 2 fully saturated rings. The number of nitrogens with one attached hydrogen (secondary N) is 1. The summed E-state index contributed by atoms with van der Waals surface area (Å²) in [5.74, 6) is 0.857. The van der Waals surface area contributed by atoms with Crippen LogP contribution >= 0.6 is 0 Å². The molecule has 1 saturated carbocycles. The van der Waals surface area contributed by atoms with Crippen LogP contribution in [0.5, 0.6) is 0 Å². The quantitative estimate of drug-likeness (QED) is 0.862. The number of piperidine rings is 1. The third kappa shape index (κ3) is 4.08. The average Bonchev–Trinajstić information content (AvgIpc) is 3.30. The number of benzene rings is 1. The van der Waals surface area contributed by atoms with Crippen LogP contribution in [-0.4, -0.2) is 37.1 Å². The van der Waals surface area contributed by atoms with Gasteiger partial charge in [0, 0.05) is 31.1 Å². The van der Waals surface area contributed by atoms with Crippen molar-refractivity contribution in [1.82, 2.24) is 10.2 Å². The largest absolute Gasteiger partial charge is 0.313 e. The van der Waals surface area contributed by atoms with Gasteiger partial charge in [0.05, 0.1) is 0 Å². The van der Waals surface area contributed by atoms with E-state index in [9.17, 15) is 0 Å². The third-order valence-corrected chi connectivity index (χ3v) is 5.14. The fourth-order valence-electron chi connectivity index (χ4n) is 3.67. The zero-order valence-corrected chi connectivity index (χ0v) is 13.6. The van der Waals surface area contributed by atoms with Gasteiger partial charge in [0.1, 0.15) is 0 Å². The number of hydrogen-bond acceptors (Lipinski definition) is 2. The van der Waals surface area contributed by atoms with Gasteiger partial charge < -0.3 is 10.2 Å². The summed E-state index contributed by atoms with van der Waals surface area (Å²) in [5.41, 5.74) is 1.71. The van der Waals surface area contributed by atoms with Crippen LogP contribution in [0.3, 0.4) is 0 Å². The number of nitrogens with zero attached hydrogens (tertiary/aromatic N) is 1. The zero-order valence-electron chi connectivity index (χ0n) is 13.6. The predicted octanol–water partition coefficient (Wildman–Crippen LogP) is 3.43. The molecule has 2 aliphatic rings. The number of rotatable bonds is 6. The second-order valence-electron chi connectivity index (χ2n) is 7.56. The topological polar surface area (TPSA) is 15.3 Å². The first-order valence-electron chi connectivity index (χ1n) is 8.67. The van der Waals surface area contributed by atoms with Gasteiger partial charge >= 0.3 is 0 Å². The Labute approximate surface area is 129 Å². The monoisotopic (exact) mass is 286 g/mol. The lowest BCUT2D eigenvalue weighted by Gasteiger charge is -2.39. The molecule has 1 N–H and O–H groups in total. The lowest BCUT2D eigenvalue weighted by atomic mass is 9.81. The normalized spacial score (nSPS) is 26.5. The first kappa shape index (κ1) is 15.1. The molecule has 1 aliphatic heterocycles. The standard InChI is InChI=1S/C19H30N2/c1-16-7-6-12-21(13-16)15-19(2,14-20-18-10-11-18)17-8-4-3-5-9-17/h3-5,8-9,16,18,20H,6-7,10-15H2,1-2H3. The number of hydrogen-bond donors (Lipinski definition) is 1. The van der Waals surface area contributed by atoms with Crippen molar-refractivity contribution >= 4 is 0 Å². The molecule has 116 valence electrons. The first-order valence-corrected chi connectivity index (χ1v) is 8.67. The van der Waals surface area contributed by atoms with Crippen molar-refractivity contribution in [2.75, 3.05) is 26.2 Å². The molecule has 0 amide bonds. The molecule has 2 nitrogen and oxygen atoms in total. The van der Waals surface area contributed by atoms with E-state index in [1.54, 1.807) is 0 Å². The summed E-state index contributed by atoms with van der Waals surface area (Å²) in [5, 5.41) is 3.77. The van der Waals surface area contributed by atoms with Crippen LogP contribution in [0.4, 0.5) is 0 Å². The zero-order chi connectivity index (χ0) is 14.7. The van der Waals surface area contributed by atoms with Crippen LogP contribution in [0.15, 0.2) is 30.3 Å². The van der Waals surface area contributed by atoms with E-state index in [2.05, 4.69) is 54.4 Å². The van der Waals surface area contributed by atoms with Gasteiger partial charge in [-0.25, -0.2) is 0 Å². The summed E-state index contributed by atoms with van der Waals surface area (Å²) in [4.78, 5) is 2.69. The van der Waals surface area contributed by atoms with E-state index >= 15 is 0 Å². The third-order valence-electron chi connectivity index (χ3n) is 5.14. The predicted molar refractivity (Wildman–Crippen MR) is 89.7 cm³/mol. The van der Waals surface area contributed by atoms with Crippen molar-refractivity contribution in [3.63, 3.8) is 0 Å². The molecule has 0 aromatic heterocycles.